The van der Waals surface area contributed by atoms with Crippen LogP contribution in [-0.4, -0.2) is 13.7 Å². The van der Waals surface area contributed by atoms with Crippen LogP contribution >= 0.6 is 0 Å². The Morgan fingerprint density at radius 2 is 1.75 bits per heavy atom. The van der Waals surface area contributed by atoms with Gasteiger partial charge >= 0.3 is 0 Å². The lowest BCUT2D eigenvalue weighted by Gasteiger charge is -2.13. The molecule has 3 heteroatoms. The normalized spacial score (nSPS) is 11.9. The van der Waals surface area contributed by atoms with Crippen molar-refractivity contribution in [3.05, 3.63) is 59.7 Å². The van der Waals surface area contributed by atoms with Crippen molar-refractivity contribution in [2.75, 3.05) is 13.7 Å². The molecule has 0 aliphatic carbocycles. The summed E-state index contributed by atoms with van der Waals surface area (Å²) in [5.41, 5.74) is 8.21. The van der Waals surface area contributed by atoms with Gasteiger partial charge in [-0.3, -0.25) is 0 Å². The number of hydrogen-bond donors (Lipinski definition) is 1. The molecule has 0 aliphatic heterocycles. The van der Waals surface area contributed by atoms with Crippen LogP contribution in [0.1, 0.15) is 24.1 Å². The van der Waals surface area contributed by atoms with Crippen molar-refractivity contribution in [3.8, 4) is 11.5 Å². The van der Waals surface area contributed by atoms with Gasteiger partial charge in [-0.15, -0.1) is 0 Å². The first kappa shape index (κ1) is 14.4. The third kappa shape index (κ3) is 3.75. The van der Waals surface area contributed by atoms with Crippen LogP contribution in [0.3, 0.4) is 0 Å². The Morgan fingerprint density at radius 1 is 1.05 bits per heavy atom. The summed E-state index contributed by atoms with van der Waals surface area (Å²) in [4.78, 5) is 0. The molecule has 1 unspecified atom stereocenters. The van der Waals surface area contributed by atoms with Crippen LogP contribution in [0.4, 0.5) is 0 Å². The molecule has 2 aromatic carbocycles. The summed E-state index contributed by atoms with van der Waals surface area (Å²) in [6.45, 7) is 2.60. The van der Waals surface area contributed by atoms with Crippen molar-refractivity contribution < 1.29 is 9.47 Å². The Morgan fingerprint density at radius 3 is 2.40 bits per heavy atom. The first-order valence-electron chi connectivity index (χ1n) is 6.81. The van der Waals surface area contributed by atoms with Crippen LogP contribution in [0.25, 0.3) is 0 Å². The molecule has 2 rings (SSSR count). The molecule has 0 aromatic heterocycles. The van der Waals surface area contributed by atoms with Crippen molar-refractivity contribution in [3.63, 3.8) is 0 Å². The van der Waals surface area contributed by atoms with E-state index in [2.05, 4.69) is 12.1 Å². The average Bonchev–Trinajstić information content (AvgIpc) is 2.48. The molecule has 0 aliphatic rings. The molecule has 0 fully saturated rings. The second-order valence-electron chi connectivity index (χ2n) is 4.77. The van der Waals surface area contributed by atoms with Gasteiger partial charge in [0.15, 0.2) is 0 Å². The molecule has 0 heterocycles. The van der Waals surface area contributed by atoms with E-state index >= 15 is 0 Å². The standard InChI is InChI=1S/C17H21NO2/c1-13(18)16-5-3-4-6-17(16)20-12-11-14-7-9-15(19-2)10-8-14/h3-10,13H,11-12,18H2,1-2H3. The van der Waals surface area contributed by atoms with Gasteiger partial charge in [-0.25, -0.2) is 0 Å². The maximum atomic E-state index is 5.94. The van der Waals surface area contributed by atoms with Crippen LogP contribution in [0.2, 0.25) is 0 Å². The van der Waals surface area contributed by atoms with Crippen LogP contribution in [-0.2, 0) is 6.42 Å². The van der Waals surface area contributed by atoms with Gasteiger partial charge in [-0.2, -0.15) is 0 Å². The number of para-hydroxylation sites is 1. The van der Waals surface area contributed by atoms with Gasteiger partial charge < -0.3 is 15.2 Å². The van der Waals surface area contributed by atoms with E-state index in [0.717, 1.165) is 23.5 Å². The predicted molar refractivity (Wildman–Crippen MR) is 81.2 cm³/mol. The van der Waals surface area contributed by atoms with Gasteiger partial charge in [-0.05, 0) is 30.7 Å². The molecule has 0 saturated heterocycles. The van der Waals surface area contributed by atoms with Gasteiger partial charge in [0, 0.05) is 18.0 Å². The lowest BCUT2D eigenvalue weighted by atomic mass is 10.1. The van der Waals surface area contributed by atoms with Gasteiger partial charge in [0.1, 0.15) is 11.5 Å². The summed E-state index contributed by atoms with van der Waals surface area (Å²) in [6, 6.07) is 15.9. The molecule has 1 atom stereocenters. The Bertz CT molecular complexity index is 535. The highest BCUT2D eigenvalue weighted by atomic mass is 16.5. The second-order valence-corrected chi connectivity index (χ2v) is 4.77. The maximum absolute atomic E-state index is 5.94. The third-order valence-electron chi connectivity index (χ3n) is 3.22. The summed E-state index contributed by atoms with van der Waals surface area (Å²) in [5, 5.41) is 0. The molecule has 106 valence electrons. The summed E-state index contributed by atoms with van der Waals surface area (Å²) in [5.74, 6) is 1.74. The highest BCUT2D eigenvalue weighted by molar-refractivity contribution is 5.35. The quantitative estimate of drug-likeness (QED) is 0.876. The van der Waals surface area contributed by atoms with Gasteiger partial charge in [0.05, 0.1) is 13.7 Å². The SMILES string of the molecule is COc1ccc(CCOc2ccccc2C(C)N)cc1. The average molecular weight is 271 g/mol. The fraction of sp³-hybridized carbons (Fsp3) is 0.294. The highest BCUT2D eigenvalue weighted by Gasteiger charge is 2.06. The Hall–Kier alpha value is -2.00. The zero-order chi connectivity index (χ0) is 14.4. The van der Waals surface area contributed by atoms with E-state index in [-0.39, 0.29) is 6.04 Å². The van der Waals surface area contributed by atoms with Crippen molar-refractivity contribution in [1.29, 1.82) is 0 Å². The van der Waals surface area contributed by atoms with Crippen LogP contribution < -0.4 is 15.2 Å². The Labute approximate surface area is 120 Å². The number of methoxy groups -OCH3 is 1. The lowest BCUT2D eigenvalue weighted by molar-refractivity contribution is 0.317. The van der Waals surface area contributed by atoms with Crippen molar-refractivity contribution in [2.45, 2.75) is 19.4 Å². The molecule has 0 spiro atoms. The minimum absolute atomic E-state index is 0.0211. The van der Waals surface area contributed by atoms with E-state index in [4.69, 9.17) is 15.2 Å². The van der Waals surface area contributed by atoms with Gasteiger partial charge in [0.2, 0.25) is 0 Å². The Kier molecular flexibility index (Phi) is 5.02. The van der Waals surface area contributed by atoms with Crippen molar-refractivity contribution in [1.82, 2.24) is 0 Å². The van der Waals surface area contributed by atoms with Gasteiger partial charge in [0.25, 0.3) is 0 Å². The van der Waals surface area contributed by atoms with Crippen molar-refractivity contribution in [2.24, 2.45) is 5.73 Å². The number of benzene rings is 2. The molecule has 0 amide bonds. The zero-order valence-electron chi connectivity index (χ0n) is 12.0. The number of ether oxygens (including phenoxy) is 2. The van der Waals surface area contributed by atoms with Crippen LogP contribution in [0.5, 0.6) is 11.5 Å². The summed E-state index contributed by atoms with van der Waals surface area (Å²) in [7, 11) is 1.67. The predicted octanol–water partition coefficient (Wildman–Crippen LogP) is 3.34. The minimum atomic E-state index is -0.0211. The molecule has 0 saturated carbocycles. The fourth-order valence-electron chi connectivity index (χ4n) is 2.06. The maximum Gasteiger partial charge on any atom is 0.124 e. The Balaban J connectivity index is 1.92. The molecule has 0 radical (unpaired) electrons. The number of hydrogen-bond acceptors (Lipinski definition) is 3. The first-order chi connectivity index (χ1) is 9.70. The van der Waals surface area contributed by atoms with Crippen LogP contribution in [0.15, 0.2) is 48.5 Å². The minimum Gasteiger partial charge on any atom is -0.497 e. The molecule has 2 N–H and O–H groups in total. The van der Waals surface area contributed by atoms with Crippen molar-refractivity contribution >= 4 is 0 Å². The third-order valence-corrected chi connectivity index (χ3v) is 3.22. The smallest absolute Gasteiger partial charge is 0.124 e. The monoisotopic (exact) mass is 271 g/mol. The van der Waals surface area contributed by atoms with Gasteiger partial charge in [-0.1, -0.05) is 30.3 Å². The van der Waals surface area contributed by atoms with E-state index in [0.29, 0.717) is 6.61 Å². The molecule has 2 aromatic rings. The molecular formula is C17H21NO2. The fourth-order valence-corrected chi connectivity index (χ4v) is 2.06. The van der Waals surface area contributed by atoms with E-state index in [1.54, 1.807) is 7.11 Å². The zero-order valence-corrected chi connectivity index (χ0v) is 12.0. The first-order valence-corrected chi connectivity index (χ1v) is 6.81. The summed E-state index contributed by atoms with van der Waals surface area (Å²) in [6.07, 6.45) is 0.858. The summed E-state index contributed by atoms with van der Waals surface area (Å²) < 4.78 is 11.0. The van der Waals surface area contributed by atoms with E-state index in [1.807, 2.05) is 43.3 Å². The number of rotatable bonds is 6. The lowest BCUT2D eigenvalue weighted by Crippen LogP contribution is -2.09. The largest absolute Gasteiger partial charge is 0.497 e. The summed E-state index contributed by atoms with van der Waals surface area (Å²) >= 11 is 0. The number of nitrogens with two attached hydrogens (primary N) is 1. The second kappa shape index (κ2) is 6.96. The molecule has 3 nitrogen and oxygen atoms in total. The molecule has 0 bridgehead atoms. The highest BCUT2D eigenvalue weighted by Crippen LogP contribution is 2.23. The van der Waals surface area contributed by atoms with E-state index < -0.39 is 0 Å². The van der Waals surface area contributed by atoms with E-state index in [1.165, 1.54) is 5.56 Å². The van der Waals surface area contributed by atoms with Crippen LogP contribution in [0, 0.1) is 0 Å². The molecular weight excluding hydrogens is 250 g/mol. The molecule has 20 heavy (non-hydrogen) atoms. The topological polar surface area (TPSA) is 44.5 Å². The van der Waals surface area contributed by atoms with E-state index in [9.17, 15) is 0 Å².